The van der Waals surface area contributed by atoms with Gasteiger partial charge in [0, 0.05) is 23.4 Å². The molecule has 0 fully saturated rings. The molecular weight excluding hydrogens is 357 g/mol. The molecule has 0 spiro atoms. The van der Waals surface area contributed by atoms with E-state index in [1.807, 2.05) is 0 Å². The number of amides is 2. The number of carbonyl (C=O) groups excluding carboxylic acids is 2. The minimum atomic E-state index is -4.42. The highest BCUT2D eigenvalue weighted by atomic mass is 19.4. The lowest BCUT2D eigenvalue weighted by atomic mass is 10.1. The fourth-order valence-corrected chi connectivity index (χ4v) is 2.40. The van der Waals surface area contributed by atoms with Crippen molar-refractivity contribution < 1.29 is 22.8 Å². The van der Waals surface area contributed by atoms with E-state index in [2.05, 4.69) is 17.6 Å². The number of rotatable bonds is 7. The van der Waals surface area contributed by atoms with Crippen LogP contribution in [0.15, 0.2) is 48.5 Å². The number of alkyl halides is 3. The summed E-state index contributed by atoms with van der Waals surface area (Å²) >= 11 is 0. The molecule has 0 aliphatic carbocycles. The van der Waals surface area contributed by atoms with Crippen molar-refractivity contribution in [3.63, 3.8) is 0 Å². The Labute approximate surface area is 155 Å². The summed E-state index contributed by atoms with van der Waals surface area (Å²) in [6, 6.07) is 10.3. The van der Waals surface area contributed by atoms with Gasteiger partial charge in [-0.3, -0.25) is 9.59 Å². The Morgan fingerprint density at radius 1 is 0.852 bits per heavy atom. The van der Waals surface area contributed by atoms with Gasteiger partial charge in [-0.15, -0.1) is 0 Å². The van der Waals surface area contributed by atoms with E-state index < -0.39 is 17.6 Å². The molecule has 0 saturated carbocycles. The van der Waals surface area contributed by atoms with Gasteiger partial charge < -0.3 is 10.6 Å². The van der Waals surface area contributed by atoms with Crippen LogP contribution in [0.5, 0.6) is 0 Å². The average molecular weight is 378 g/mol. The van der Waals surface area contributed by atoms with Crippen LogP contribution in [0, 0.1) is 0 Å². The monoisotopic (exact) mass is 378 g/mol. The normalized spacial score (nSPS) is 11.1. The summed E-state index contributed by atoms with van der Waals surface area (Å²) in [6.45, 7) is 2.68. The van der Waals surface area contributed by atoms with Gasteiger partial charge in [0.25, 0.3) is 11.8 Å². The smallest absolute Gasteiger partial charge is 0.352 e. The fourth-order valence-electron chi connectivity index (χ4n) is 2.40. The van der Waals surface area contributed by atoms with Gasteiger partial charge in [0.15, 0.2) is 0 Å². The SMILES string of the molecule is CCCCCNC(=O)c1ccc(C(=O)Nc2ccc(C(F)(F)F)cc2)cc1. The summed E-state index contributed by atoms with van der Waals surface area (Å²) < 4.78 is 37.6. The van der Waals surface area contributed by atoms with E-state index in [1.165, 1.54) is 36.4 Å². The van der Waals surface area contributed by atoms with Crippen LogP contribution in [-0.2, 0) is 6.18 Å². The number of anilines is 1. The topological polar surface area (TPSA) is 58.2 Å². The lowest BCUT2D eigenvalue weighted by Gasteiger charge is -2.09. The number of halogens is 3. The Balaban J connectivity index is 1.94. The third-order valence-corrected chi connectivity index (χ3v) is 3.95. The van der Waals surface area contributed by atoms with Crippen LogP contribution >= 0.6 is 0 Å². The van der Waals surface area contributed by atoms with Crippen molar-refractivity contribution in [3.8, 4) is 0 Å². The number of hydrogen-bond acceptors (Lipinski definition) is 2. The summed E-state index contributed by atoms with van der Waals surface area (Å²) in [7, 11) is 0. The van der Waals surface area contributed by atoms with Crippen molar-refractivity contribution >= 4 is 17.5 Å². The first kappa shape index (κ1) is 20.5. The van der Waals surface area contributed by atoms with Gasteiger partial charge in [0.2, 0.25) is 0 Å². The molecule has 2 N–H and O–H groups in total. The molecule has 0 heterocycles. The average Bonchev–Trinajstić information content (AvgIpc) is 2.65. The molecule has 0 bridgehead atoms. The largest absolute Gasteiger partial charge is 0.416 e. The van der Waals surface area contributed by atoms with Crippen LogP contribution in [0.4, 0.5) is 18.9 Å². The highest BCUT2D eigenvalue weighted by Crippen LogP contribution is 2.29. The van der Waals surface area contributed by atoms with Gasteiger partial charge in [-0.1, -0.05) is 19.8 Å². The second kappa shape index (κ2) is 9.21. The van der Waals surface area contributed by atoms with Gasteiger partial charge in [0.05, 0.1) is 5.56 Å². The standard InChI is InChI=1S/C20H21F3N2O2/c1-2-3-4-13-24-18(26)14-5-7-15(8-6-14)19(27)25-17-11-9-16(10-12-17)20(21,22)23/h5-12H,2-4,13H2,1H3,(H,24,26)(H,25,27). The van der Waals surface area contributed by atoms with Crippen LogP contribution in [0.1, 0.15) is 52.5 Å². The van der Waals surface area contributed by atoms with Gasteiger partial charge >= 0.3 is 6.18 Å². The Morgan fingerprint density at radius 3 is 1.93 bits per heavy atom. The highest BCUT2D eigenvalue weighted by molar-refractivity contribution is 6.05. The predicted molar refractivity (Wildman–Crippen MR) is 97.7 cm³/mol. The van der Waals surface area contributed by atoms with Crippen molar-refractivity contribution in [1.82, 2.24) is 5.32 Å². The third-order valence-electron chi connectivity index (χ3n) is 3.95. The van der Waals surface area contributed by atoms with Crippen molar-refractivity contribution in [3.05, 3.63) is 65.2 Å². The summed E-state index contributed by atoms with van der Waals surface area (Å²) in [5.74, 6) is -0.675. The van der Waals surface area contributed by atoms with Crippen molar-refractivity contribution in [2.75, 3.05) is 11.9 Å². The van der Waals surface area contributed by atoms with Crippen molar-refractivity contribution in [2.45, 2.75) is 32.4 Å². The highest BCUT2D eigenvalue weighted by Gasteiger charge is 2.30. The maximum atomic E-state index is 12.5. The van der Waals surface area contributed by atoms with Gasteiger partial charge in [-0.2, -0.15) is 13.2 Å². The van der Waals surface area contributed by atoms with Crippen LogP contribution in [-0.4, -0.2) is 18.4 Å². The molecule has 2 aromatic rings. The summed E-state index contributed by atoms with van der Waals surface area (Å²) in [6.07, 6.45) is -1.40. The second-order valence-corrected chi connectivity index (χ2v) is 6.07. The van der Waals surface area contributed by atoms with Crippen molar-refractivity contribution in [2.24, 2.45) is 0 Å². The Hall–Kier alpha value is -2.83. The number of carbonyl (C=O) groups is 2. The molecule has 0 aliphatic heterocycles. The molecule has 0 aliphatic rings. The van der Waals surface area contributed by atoms with E-state index in [4.69, 9.17) is 0 Å². The zero-order valence-corrected chi connectivity index (χ0v) is 14.9. The Bertz CT molecular complexity index is 769. The lowest BCUT2D eigenvalue weighted by Crippen LogP contribution is -2.24. The Morgan fingerprint density at radius 2 is 1.41 bits per heavy atom. The summed E-state index contributed by atoms with van der Waals surface area (Å²) in [5.41, 5.74) is 0.218. The van der Waals surface area contributed by atoms with Gasteiger partial charge in [-0.05, 0) is 55.0 Å². The summed E-state index contributed by atoms with van der Waals surface area (Å²) in [5, 5.41) is 5.34. The first-order valence-corrected chi connectivity index (χ1v) is 8.68. The molecule has 0 radical (unpaired) electrons. The van der Waals surface area contributed by atoms with E-state index in [0.717, 1.165) is 31.4 Å². The van der Waals surface area contributed by atoms with Crippen LogP contribution < -0.4 is 10.6 Å². The molecule has 0 atom stereocenters. The molecular formula is C20H21F3N2O2. The number of hydrogen-bond donors (Lipinski definition) is 2. The van der Waals surface area contributed by atoms with Crippen LogP contribution in [0.3, 0.4) is 0 Å². The Kier molecular flexibility index (Phi) is 6.98. The molecule has 0 unspecified atom stereocenters. The molecule has 4 nitrogen and oxygen atoms in total. The number of nitrogens with one attached hydrogen (secondary N) is 2. The van der Waals surface area contributed by atoms with Crippen molar-refractivity contribution in [1.29, 1.82) is 0 Å². The zero-order valence-electron chi connectivity index (χ0n) is 14.9. The molecule has 7 heteroatoms. The molecule has 144 valence electrons. The third kappa shape index (κ3) is 6.13. The predicted octanol–water partition coefficient (Wildman–Crippen LogP) is 4.88. The van der Waals surface area contributed by atoms with E-state index in [1.54, 1.807) is 0 Å². The van der Waals surface area contributed by atoms with Gasteiger partial charge in [0.1, 0.15) is 0 Å². The first-order valence-electron chi connectivity index (χ1n) is 8.68. The number of benzene rings is 2. The number of unbranched alkanes of at least 4 members (excludes halogenated alkanes) is 2. The first-order chi connectivity index (χ1) is 12.8. The molecule has 2 rings (SSSR count). The maximum Gasteiger partial charge on any atom is 0.416 e. The molecule has 2 aromatic carbocycles. The van der Waals surface area contributed by atoms with E-state index in [9.17, 15) is 22.8 Å². The van der Waals surface area contributed by atoms with Crippen LogP contribution in [0.25, 0.3) is 0 Å². The quantitative estimate of drug-likeness (QED) is 0.675. The van der Waals surface area contributed by atoms with Crippen LogP contribution in [0.2, 0.25) is 0 Å². The molecule has 0 saturated heterocycles. The summed E-state index contributed by atoms with van der Waals surface area (Å²) in [4.78, 5) is 24.2. The fraction of sp³-hybridized carbons (Fsp3) is 0.300. The maximum absolute atomic E-state index is 12.5. The lowest BCUT2D eigenvalue weighted by molar-refractivity contribution is -0.137. The molecule has 0 aromatic heterocycles. The van der Waals surface area contributed by atoms with E-state index in [0.29, 0.717) is 17.7 Å². The minimum Gasteiger partial charge on any atom is -0.352 e. The van der Waals surface area contributed by atoms with Gasteiger partial charge in [-0.25, -0.2) is 0 Å². The minimum absolute atomic E-state index is 0.208. The van der Waals surface area contributed by atoms with E-state index >= 15 is 0 Å². The molecule has 2 amide bonds. The second-order valence-electron chi connectivity index (χ2n) is 6.07. The zero-order chi connectivity index (χ0) is 19.9. The van der Waals surface area contributed by atoms with E-state index in [-0.39, 0.29) is 11.6 Å². The molecule has 27 heavy (non-hydrogen) atoms.